The summed E-state index contributed by atoms with van der Waals surface area (Å²) in [5, 5.41) is 0.490. The first-order valence-electron chi connectivity index (χ1n) is 8.63. The third-order valence-corrected chi connectivity index (χ3v) is 5.25. The molecule has 0 heterocycles. The van der Waals surface area contributed by atoms with Crippen molar-refractivity contribution >= 4 is 11.6 Å². The summed E-state index contributed by atoms with van der Waals surface area (Å²) in [7, 11) is 0. The molecule has 2 heteroatoms. The van der Waals surface area contributed by atoms with Gasteiger partial charge in [0.1, 0.15) is 5.82 Å². The van der Waals surface area contributed by atoms with E-state index in [2.05, 4.69) is 6.92 Å². The van der Waals surface area contributed by atoms with Crippen molar-refractivity contribution in [2.75, 3.05) is 0 Å². The molecule has 0 aromatic heterocycles. The quantitative estimate of drug-likeness (QED) is 0.486. The molecule has 1 aliphatic carbocycles. The van der Waals surface area contributed by atoms with Gasteiger partial charge in [-0.25, -0.2) is 4.39 Å². The monoisotopic (exact) mass is 310 g/mol. The highest BCUT2D eigenvalue weighted by molar-refractivity contribution is 6.30. The summed E-state index contributed by atoms with van der Waals surface area (Å²) in [5.41, 5.74) is 0.824. The van der Waals surface area contributed by atoms with Crippen molar-refractivity contribution in [1.29, 1.82) is 0 Å². The van der Waals surface area contributed by atoms with Crippen molar-refractivity contribution < 1.29 is 4.39 Å². The lowest BCUT2D eigenvalue weighted by molar-refractivity contribution is 0.248. The van der Waals surface area contributed by atoms with Crippen LogP contribution in [0.1, 0.15) is 70.3 Å². The maximum absolute atomic E-state index is 13.8. The Bertz CT molecular complexity index is 422. The molecule has 21 heavy (non-hydrogen) atoms. The van der Waals surface area contributed by atoms with Crippen molar-refractivity contribution in [2.24, 2.45) is 11.8 Å². The number of hydrogen-bond donors (Lipinski definition) is 0. The Hall–Kier alpha value is -0.560. The van der Waals surface area contributed by atoms with Crippen LogP contribution in [0.2, 0.25) is 5.02 Å². The van der Waals surface area contributed by atoms with E-state index in [-0.39, 0.29) is 5.82 Å². The van der Waals surface area contributed by atoms with Gasteiger partial charge in [-0.05, 0) is 42.4 Å². The first-order chi connectivity index (χ1) is 10.2. The Morgan fingerprint density at radius 3 is 2.33 bits per heavy atom. The predicted molar refractivity (Wildman–Crippen MR) is 89.3 cm³/mol. The van der Waals surface area contributed by atoms with Gasteiger partial charge in [0.2, 0.25) is 0 Å². The SMILES string of the molecule is CCCCC[C@H]1CC[C@H](CCc2ccc(Cl)cc2F)CC1. The number of hydrogen-bond acceptors (Lipinski definition) is 0. The molecule has 0 unspecified atom stereocenters. The second-order valence-electron chi connectivity index (χ2n) is 6.66. The zero-order valence-corrected chi connectivity index (χ0v) is 14.0. The lowest BCUT2D eigenvalue weighted by Crippen LogP contribution is -2.15. The second kappa shape index (κ2) is 8.78. The molecule has 0 saturated heterocycles. The predicted octanol–water partition coefficient (Wildman–Crippen LogP) is 6.80. The van der Waals surface area contributed by atoms with E-state index in [4.69, 9.17) is 11.6 Å². The van der Waals surface area contributed by atoms with Gasteiger partial charge in [0.05, 0.1) is 0 Å². The molecule has 118 valence electrons. The minimum atomic E-state index is -0.143. The summed E-state index contributed by atoms with van der Waals surface area (Å²) < 4.78 is 13.8. The van der Waals surface area contributed by atoms with Gasteiger partial charge in [0.25, 0.3) is 0 Å². The van der Waals surface area contributed by atoms with Gasteiger partial charge in [-0.2, -0.15) is 0 Å². The number of benzene rings is 1. The van der Waals surface area contributed by atoms with Crippen LogP contribution in [0.5, 0.6) is 0 Å². The highest BCUT2D eigenvalue weighted by Gasteiger charge is 2.20. The number of rotatable bonds is 7. The maximum Gasteiger partial charge on any atom is 0.127 e. The summed E-state index contributed by atoms with van der Waals surface area (Å²) in [6, 6.07) is 5.07. The van der Waals surface area contributed by atoms with Crippen LogP contribution in [0, 0.1) is 17.7 Å². The topological polar surface area (TPSA) is 0 Å². The molecule has 1 aromatic rings. The smallest absolute Gasteiger partial charge is 0.127 e. The molecule has 0 aliphatic heterocycles. The Labute approximate surface area is 134 Å². The zero-order chi connectivity index (χ0) is 15.1. The number of unbranched alkanes of at least 4 members (excludes halogenated alkanes) is 2. The van der Waals surface area contributed by atoms with Gasteiger partial charge < -0.3 is 0 Å². The van der Waals surface area contributed by atoms with Crippen LogP contribution < -0.4 is 0 Å². The Morgan fingerprint density at radius 1 is 1.05 bits per heavy atom. The molecule has 0 nitrogen and oxygen atoms in total. The molecule has 1 aliphatic rings. The lowest BCUT2D eigenvalue weighted by Gasteiger charge is -2.28. The van der Waals surface area contributed by atoms with E-state index in [9.17, 15) is 4.39 Å². The van der Waals surface area contributed by atoms with Crippen LogP contribution in [0.15, 0.2) is 18.2 Å². The molecular formula is C19H28ClF. The fourth-order valence-electron chi connectivity index (χ4n) is 3.58. The maximum atomic E-state index is 13.8. The fourth-order valence-corrected chi connectivity index (χ4v) is 3.73. The van der Waals surface area contributed by atoms with Crippen LogP contribution in [0.4, 0.5) is 4.39 Å². The Kier molecular flexibility index (Phi) is 7.03. The fraction of sp³-hybridized carbons (Fsp3) is 0.684. The first-order valence-corrected chi connectivity index (χ1v) is 9.00. The Balaban J connectivity index is 1.69. The van der Waals surface area contributed by atoms with Gasteiger partial charge in [-0.15, -0.1) is 0 Å². The summed E-state index contributed by atoms with van der Waals surface area (Å²) in [5.74, 6) is 1.61. The van der Waals surface area contributed by atoms with Crippen LogP contribution >= 0.6 is 11.6 Å². The summed E-state index contributed by atoms with van der Waals surface area (Å²) in [6.45, 7) is 2.27. The molecule has 0 radical (unpaired) electrons. The number of halogens is 2. The van der Waals surface area contributed by atoms with Gasteiger partial charge >= 0.3 is 0 Å². The lowest BCUT2D eigenvalue weighted by atomic mass is 9.78. The van der Waals surface area contributed by atoms with E-state index in [1.54, 1.807) is 6.07 Å². The molecule has 0 N–H and O–H groups in total. The number of aryl methyl sites for hydroxylation is 1. The van der Waals surface area contributed by atoms with Gasteiger partial charge in [0, 0.05) is 5.02 Å². The third kappa shape index (κ3) is 5.62. The molecule has 0 spiro atoms. The molecule has 2 rings (SSSR count). The van der Waals surface area contributed by atoms with Gasteiger partial charge in [-0.1, -0.05) is 76.0 Å². The van der Waals surface area contributed by atoms with Gasteiger partial charge in [-0.3, -0.25) is 0 Å². The second-order valence-corrected chi connectivity index (χ2v) is 7.09. The summed E-state index contributed by atoms with van der Waals surface area (Å²) in [6.07, 6.45) is 13.0. The van der Waals surface area contributed by atoms with Crippen molar-refractivity contribution in [1.82, 2.24) is 0 Å². The average Bonchev–Trinajstić information content (AvgIpc) is 2.48. The van der Waals surface area contributed by atoms with E-state index >= 15 is 0 Å². The molecule has 1 fully saturated rings. The molecule has 0 bridgehead atoms. The van der Waals surface area contributed by atoms with E-state index in [1.165, 1.54) is 57.4 Å². The summed E-state index contributed by atoms with van der Waals surface area (Å²) >= 11 is 5.79. The van der Waals surface area contributed by atoms with Crippen LogP contribution in [-0.2, 0) is 6.42 Å². The first kappa shape index (κ1) is 16.8. The van der Waals surface area contributed by atoms with Crippen LogP contribution in [-0.4, -0.2) is 0 Å². The normalized spacial score (nSPS) is 22.4. The van der Waals surface area contributed by atoms with E-state index in [0.717, 1.165) is 30.2 Å². The highest BCUT2D eigenvalue weighted by atomic mass is 35.5. The van der Waals surface area contributed by atoms with Crippen LogP contribution in [0.25, 0.3) is 0 Å². The molecule has 1 saturated carbocycles. The minimum absolute atomic E-state index is 0.143. The van der Waals surface area contributed by atoms with Gasteiger partial charge in [0.15, 0.2) is 0 Å². The molecule has 0 atom stereocenters. The van der Waals surface area contributed by atoms with E-state index in [0.29, 0.717) is 5.02 Å². The molecule has 0 amide bonds. The molecular weight excluding hydrogens is 283 g/mol. The van der Waals surface area contributed by atoms with Crippen LogP contribution in [0.3, 0.4) is 0 Å². The van der Waals surface area contributed by atoms with Crippen molar-refractivity contribution in [3.8, 4) is 0 Å². The highest BCUT2D eigenvalue weighted by Crippen LogP contribution is 2.34. The third-order valence-electron chi connectivity index (χ3n) is 5.02. The largest absolute Gasteiger partial charge is 0.207 e. The average molecular weight is 311 g/mol. The standard InChI is InChI=1S/C19H28ClF/c1-2-3-4-5-15-6-8-16(9-7-15)10-11-17-12-13-18(20)14-19(17)21/h12-16H,2-11H2,1H3/t15-,16-. The minimum Gasteiger partial charge on any atom is -0.207 e. The van der Waals surface area contributed by atoms with Crippen molar-refractivity contribution in [3.05, 3.63) is 34.6 Å². The van der Waals surface area contributed by atoms with Crippen molar-refractivity contribution in [2.45, 2.75) is 71.1 Å². The van der Waals surface area contributed by atoms with Crippen molar-refractivity contribution in [3.63, 3.8) is 0 Å². The Morgan fingerprint density at radius 2 is 1.71 bits per heavy atom. The zero-order valence-electron chi connectivity index (χ0n) is 13.2. The van der Waals surface area contributed by atoms with E-state index < -0.39 is 0 Å². The molecule has 1 aromatic carbocycles. The van der Waals surface area contributed by atoms with E-state index in [1.807, 2.05) is 6.07 Å². The summed E-state index contributed by atoms with van der Waals surface area (Å²) in [4.78, 5) is 0.